The topological polar surface area (TPSA) is 28.6 Å². The zero-order chi connectivity index (χ0) is 17.9. The third kappa shape index (κ3) is 3.71. The third-order valence-corrected chi connectivity index (χ3v) is 5.08. The zero-order valence-electron chi connectivity index (χ0n) is 15.5. The normalized spacial score (nSPS) is 16.1. The minimum absolute atomic E-state index is 0.659. The molecule has 0 radical (unpaired) electrons. The molecule has 2 heterocycles. The Morgan fingerprint density at radius 1 is 0.962 bits per heavy atom. The molecule has 1 aromatic heterocycles. The number of nitrogens with zero attached hydrogens (tertiary/aromatic N) is 3. The number of fused-ring (bicyclic) bond motifs is 1. The lowest BCUT2D eigenvalue weighted by Gasteiger charge is -2.32. The first-order valence-corrected chi connectivity index (χ1v) is 9.22. The van der Waals surface area contributed by atoms with Crippen LogP contribution in [-0.2, 0) is 6.54 Å². The van der Waals surface area contributed by atoms with E-state index in [0.29, 0.717) is 5.88 Å². The quantitative estimate of drug-likeness (QED) is 0.711. The first-order chi connectivity index (χ1) is 12.7. The van der Waals surface area contributed by atoms with Gasteiger partial charge >= 0.3 is 0 Å². The van der Waals surface area contributed by atoms with E-state index in [0.717, 1.165) is 44.0 Å². The summed E-state index contributed by atoms with van der Waals surface area (Å²) in [6.07, 6.45) is 0. The molecule has 0 atom stereocenters. The van der Waals surface area contributed by atoms with Crippen molar-refractivity contribution in [2.45, 2.75) is 13.5 Å². The van der Waals surface area contributed by atoms with Crippen LogP contribution in [0, 0.1) is 6.92 Å². The van der Waals surface area contributed by atoms with Crippen molar-refractivity contribution in [3.63, 3.8) is 0 Å². The van der Waals surface area contributed by atoms with Crippen LogP contribution in [0.3, 0.4) is 0 Å². The highest BCUT2D eigenvalue weighted by atomic mass is 16.5. The Bertz CT molecular complexity index is 901. The smallest absolute Gasteiger partial charge is 0.220 e. The minimum atomic E-state index is 0.659. The van der Waals surface area contributed by atoms with Crippen molar-refractivity contribution in [3.05, 3.63) is 65.7 Å². The van der Waals surface area contributed by atoms with Crippen molar-refractivity contribution in [2.24, 2.45) is 0 Å². The van der Waals surface area contributed by atoms with Crippen molar-refractivity contribution in [3.8, 4) is 11.6 Å². The molecule has 0 aliphatic carbocycles. The van der Waals surface area contributed by atoms with Crippen LogP contribution in [0.25, 0.3) is 10.9 Å². The van der Waals surface area contributed by atoms with Gasteiger partial charge in [0.1, 0.15) is 5.75 Å². The number of hydrogen-bond acceptors (Lipinski definition) is 4. The molecule has 0 N–H and O–H groups in total. The number of ether oxygens (including phenoxy) is 1. The Kier molecular flexibility index (Phi) is 4.87. The Balaban J connectivity index is 1.57. The van der Waals surface area contributed by atoms with Gasteiger partial charge in [-0.15, -0.1) is 0 Å². The molecule has 1 fully saturated rings. The van der Waals surface area contributed by atoms with Gasteiger partial charge in [-0.1, -0.05) is 36.4 Å². The molecule has 4 nitrogen and oxygen atoms in total. The monoisotopic (exact) mass is 347 g/mol. The van der Waals surface area contributed by atoms with Crippen molar-refractivity contribution >= 4 is 10.9 Å². The number of benzene rings is 2. The Hall–Kier alpha value is -2.43. The maximum absolute atomic E-state index is 6.21. The number of piperazine rings is 1. The lowest BCUT2D eigenvalue weighted by Crippen LogP contribution is -2.43. The number of hydrogen-bond donors (Lipinski definition) is 0. The van der Waals surface area contributed by atoms with Gasteiger partial charge in [-0.05, 0) is 31.7 Å². The molecule has 134 valence electrons. The molecular weight excluding hydrogens is 322 g/mol. The van der Waals surface area contributed by atoms with Crippen LogP contribution >= 0.6 is 0 Å². The maximum atomic E-state index is 6.21. The second-order valence-electron chi connectivity index (χ2n) is 7.08. The van der Waals surface area contributed by atoms with Gasteiger partial charge in [0, 0.05) is 49.7 Å². The van der Waals surface area contributed by atoms with Crippen molar-refractivity contribution < 1.29 is 4.74 Å². The molecule has 2 aromatic carbocycles. The van der Waals surface area contributed by atoms with Gasteiger partial charge in [0.2, 0.25) is 5.88 Å². The predicted molar refractivity (Wildman–Crippen MR) is 106 cm³/mol. The lowest BCUT2D eigenvalue weighted by atomic mass is 10.1. The summed E-state index contributed by atoms with van der Waals surface area (Å²) in [5, 5.41) is 1.17. The van der Waals surface area contributed by atoms with Crippen molar-refractivity contribution in [1.82, 2.24) is 14.8 Å². The van der Waals surface area contributed by atoms with E-state index in [9.17, 15) is 0 Å². The number of aryl methyl sites for hydroxylation is 1. The molecule has 3 aromatic rings. The Labute approximate surface area is 155 Å². The average Bonchev–Trinajstić information content (AvgIpc) is 2.65. The first kappa shape index (κ1) is 17.0. The number of pyridine rings is 1. The molecule has 0 unspecified atom stereocenters. The number of para-hydroxylation sites is 2. The summed E-state index contributed by atoms with van der Waals surface area (Å²) in [4.78, 5) is 9.55. The van der Waals surface area contributed by atoms with Crippen LogP contribution in [0.2, 0.25) is 0 Å². The largest absolute Gasteiger partial charge is 0.439 e. The Morgan fingerprint density at radius 2 is 1.69 bits per heavy atom. The molecule has 1 aliphatic heterocycles. The molecule has 4 heteroatoms. The van der Waals surface area contributed by atoms with Crippen LogP contribution in [-0.4, -0.2) is 48.0 Å². The van der Waals surface area contributed by atoms with E-state index in [1.54, 1.807) is 0 Å². The second kappa shape index (κ2) is 7.44. The van der Waals surface area contributed by atoms with E-state index >= 15 is 0 Å². The molecule has 4 rings (SSSR count). The summed E-state index contributed by atoms with van der Waals surface area (Å²) in [6.45, 7) is 7.45. The number of aromatic nitrogens is 1. The summed E-state index contributed by atoms with van der Waals surface area (Å²) >= 11 is 0. The van der Waals surface area contributed by atoms with Crippen LogP contribution in [0.15, 0.2) is 54.6 Å². The van der Waals surface area contributed by atoms with Crippen molar-refractivity contribution in [1.29, 1.82) is 0 Å². The maximum Gasteiger partial charge on any atom is 0.220 e. The molecule has 0 saturated carbocycles. The molecule has 0 amide bonds. The van der Waals surface area contributed by atoms with Crippen LogP contribution in [0.4, 0.5) is 0 Å². The summed E-state index contributed by atoms with van der Waals surface area (Å²) in [5.74, 6) is 1.56. The fourth-order valence-electron chi connectivity index (χ4n) is 3.46. The van der Waals surface area contributed by atoms with Gasteiger partial charge in [0.15, 0.2) is 0 Å². The number of rotatable bonds is 4. The van der Waals surface area contributed by atoms with Gasteiger partial charge < -0.3 is 9.64 Å². The SMILES string of the molecule is Cc1cc(Oc2ccccc2CN2CCN(C)CC2)nc2ccccc12. The summed E-state index contributed by atoms with van der Waals surface area (Å²) in [5.41, 5.74) is 3.37. The average molecular weight is 347 g/mol. The highest BCUT2D eigenvalue weighted by Crippen LogP contribution is 2.28. The molecule has 1 aliphatic rings. The third-order valence-electron chi connectivity index (χ3n) is 5.08. The highest BCUT2D eigenvalue weighted by Gasteiger charge is 2.16. The van der Waals surface area contributed by atoms with E-state index in [-0.39, 0.29) is 0 Å². The fraction of sp³-hybridized carbons (Fsp3) is 0.318. The predicted octanol–water partition coefficient (Wildman–Crippen LogP) is 4.08. The molecule has 1 saturated heterocycles. The van der Waals surface area contributed by atoms with E-state index in [1.807, 2.05) is 36.4 Å². The fourth-order valence-corrected chi connectivity index (χ4v) is 3.46. The van der Waals surface area contributed by atoms with Crippen molar-refractivity contribution in [2.75, 3.05) is 33.2 Å². The molecule has 0 spiro atoms. The van der Waals surface area contributed by atoms with E-state index in [2.05, 4.69) is 47.0 Å². The first-order valence-electron chi connectivity index (χ1n) is 9.22. The van der Waals surface area contributed by atoms with Gasteiger partial charge in [-0.2, -0.15) is 0 Å². The minimum Gasteiger partial charge on any atom is -0.439 e. The lowest BCUT2D eigenvalue weighted by molar-refractivity contribution is 0.147. The summed E-state index contributed by atoms with van der Waals surface area (Å²) < 4.78 is 6.21. The van der Waals surface area contributed by atoms with Crippen LogP contribution in [0.5, 0.6) is 11.6 Å². The van der Waals surface area contributed by atoms with E-state index < -0.39 is 0 Å². The second-order valence-corrected chi connectivity index (χ2v) is 7.08. The zero-order valence-corrected chi connectivity index (χ0v) is 15.5. The molecule has 0 bridgehead atoms. The van der Waals surface area contributed by atoms with E-state index in [4.69, 9.17) is 4.74 Å². The molecule has 26 heavy (non-hydrogen) atoms. The van der Waals surface area contributed by atoms with Gasteiger partial charge in [-0.25, -0.2) is 4.98 Å². The summed E-state index contributed by atoms with van der Waals surface area (Å²) in [7, 11) is 2.18. The van der Waals surface area contributed by atoms with Crippen LogP contribution in [0.1, 0.15) is 11.1 Å². The summed E-state index contributed by atoms with van der Waals surface area (Å²) in [6, 6.07) is 18.5. The standard InChI is InChI=1S/C22H25N3O/c1-17-15-22(23-20-9-5-4-8-19(17)20)26-21-10-6-3-7-18(21)16-25-13-11-24(2)12-14-25/h3-10,15H,11-14,16H2,1-2H3. The highest BCUT2D eigenvalue weighted by molar-refractivity contribution is 5.82. The Morgan fingerprint density at radius 3 is 2.54 bits per heavy atom. The van der Waals surface area contributed by atoms with Gasteiger partial charge in [0.25, 0.3) is 0 Å². The van der Waals surface area contributed by atoms with Gasteiger partial charge in [0.05, 0.1) is 5.52 Å². The molecular formula is C22H25N3O. The van der Waals surface area contributed by atoms with E-state index in [1.165, 1.54) is 16.5 Å². The number of likely N-dealkylation sites (N-methyl/N-ethyl adjacent to an activating group) is 1. The van der Waals surface area contributed by atoms with Crippen LogP contribution < -0.4 is 4.74 Å². The van der Waals surface area contributed by atoms with Gasteiger partial charge in [-0.3, -0.25) is 4.90 Å².